The molecule has 0 fully saturated rings. The maximum Gasteiger partial charge on any atom is 0.259 e. The molecule has 1 heterocycles. The van der Waals surface area contributed by atoms with Gasteiger partial charge in [0.2, 0.25) is 0 Å². The van der Waals surface area contributed by atoms with Crippen molar-refractivity contribution in [3.8, 4) is 0 Å². The molecular formula is C14H18ClN3O3S. The molecule has 0 aliphatic heterocycles. The zero-order valence-electron chi connectivity index (χ0n) is 12.6. The number of aryl methyl sites for hydroxylation is 1. The van der Waals surface area contributed by atoms with Gasteiger partial charge >= 0.3 is 0 Å². The van der Waals surface area contributed by atoms with Crippen LogP contribution in [0.1, 0.15) is 12.5 Å². The molecule has 0 aliphatic carbocycles. The summed E-state index contributed by atoms with van der Waals surface area (Å²) in [6.07, 6.45) is 2.87. The van der Waals surface area contributed by atoms with E-state index in [9.17, 15) is 8.42 Å². The van der Waals surface area contributed by atoms with Crippen LogP contribution in [0.3, 0.4) is 0 Å². The van der Waals surface area contributed by atoms with Crippen molar-refractivity contribution in [2.75, 3.05) is 13.7 Å². The first kappa shape index (κ1) is 17.0. The molecule has 1 N–H and O–H groups in total. The number of sulfonamides is 1. The molecule has 1 unspecified atom stereocenters. The van der Waals surface area contributed by atoms with Gasteiger partial charge < -0.3 is 9.30 Å². The summed E-state index contributed by atoms with van der Waals surface area (Å²) in [5.74, 6) is 0. The number of imidazole rings is 1. The van der Waals surface area contributed by atoms with Gasteiger partial charge in [0.1, 0.15) is 5.60 Å². The lowest BCUT2D eigenvalue weighted by atomic mass is 9.96. The summed E-state index contributed by atoms with van der Waals surface area (Å²) in [6, 6.07) is 7.13. The Morgan fingerprint density at radius 3 is 2.73 bits per heavy atom. The van der Waals surface area contributed by atoms with Crippen molar-refractivity contribution >= 4 is 21.6 Å². The van der Waals surface area contributed by atoms with Crippen LogP contribution < -0.4 is 4.72 Å². The molecule has 120 valence electrons. The summed E-state index contributed by atoms with van der Waals surface area (Å²) in [4.78, 5) is 3.85. The van der Waals surface area contributed by atoms with Crippen LogP contribution in [-0.4, -0.2) is 31.6 Å². The highest BCUT2D eigenvalue weighted by Gasteiger charge is 2.29. The molecule has 0 radical (unpaired) electrons. The van der Waals surface area contributed by atoms with Crippen LogP contribution in [0.25, 0.3) is 0 Å². The van der Waals surface area contributed by atoms with Crippen LogP contribution in [0, 0.1) is 0 Å². The number of benzene rings is 1. The Hall–Kier alpha value is -1.41. The quantitative estimate of drug-likeness (QED) is 0.869. The normalized spacial score (nSPS) is 14.7. The first-order chi connectivity index (χ1) is 10.3. The molecular weight excluding hydrogens is 326 g/mol. The van der Waals surface area contributed by atoms with E-state index in [2.05, 4.69) is 9.71 Å². The molecule has 6 nitrogen and oxygen atoms in total. The van der Waals surface area contributed by atoms with Crippen molar-refractivity contribution in [3.63, 3.8) is 0 Å². The number of ether oxygens (including phenoxy) is 1. The maximum atomic E-state index is 12.2. The second-order valence-electron chi connectivity index (χ2n) is 5.15. The number of hydrogen-bond acceptors (Lipinski definition) is 4. The summed E-state index contributed by atoms with van der Waals surface area (Å²) in [6.45, 7) is 1.85. The minimum absolute atomic E-state index is 0.0282. The fraction of sp³-hybridized carbons (Fsp3) is 0.357. The lowest BCUT2D eigenvalue weighted by molar-refractivity contribution is 0.00698. The predicted octanol–water partition coefficient (Wildman–Crippen LogP) is 1.91. The van der Waals surface area contributed by atoms with Crippen LogP contribution in [0.2, 0.25) is 5.02 Å². The molecule has 0 spiro atoms. The average molecular weight is 344 g/mol. The van der Waals surface area contributed by atoms with Gasteiger partial charge in [0.25, 0.3) is 10.0 Å². The van der Waals surface area contributed by atoms with E-state index in [4.69, 9.17) is 16.3 Å². The summed E-state index contributed by atoms with van der Waals surface area (Å²) in [5, 5.41) is 0.535. The number of aromatic nitrogens is 2. The first-order valence-corrected chi connectivity index (χ1v) is 8.42. The zero-order valence-corrected chi connectivity index (χ0v) is 14.1. The number of rotatable bonds is 6. The van der Waals surface area contributed by atoms with E-state index in [0.29, 0.717) is 5.02 Å². The van der Waals surface area contributed by atoms with E-state index in [1.54, 1.807) is 36.7 Å². The van der Waals surface area contributed by atoms with Gasteiger partial charge in [0.15, 0.2) is 5.03 Å². The van der Waals surface area contributed by atoms with Crippen molar-refractivity contribution < 1.29 is 13.2 Å². The summed E-state index contributed by atoms with van der Waals surface area (Å²) in [7, 11) is -0.466. The Kier molecular flexibility index (Phi) is 4.91. The molecule has 0 saturated heterocycles. The van der Waals surface area contributed by atoms with E-state index in [-0.39, 0.29) is 11.6 Å². The zero-order chi connectivity index (χ0) is 16.4. The highest BCUT2D eigenvalue weighted by Crippen LogP contribution is 2.26. The Morgan fingerprint density at radius 1 is 1.45 bits per heavy atom. The molecule has 0 saturated carbocycles. The third-order valence-electron chi connectivity index (χ3n) is 3.44. The molecule has 2 aromatic rings. The second-order valence-corrected chi connectivity index (χ2v) is 7.30. The topological polar surface area (TPSA) is 73.2 Å². The molecule has 2 rings (SSSR count). The van der Waals surface area contributed by atoms with E-state index < -0.39 is 15.6 Å². The first-order valence-electron chi connectivity index (χ1n) is 6.56. The van der Waals surface area contributed by atoms with Crippen LogP contribution >= 0.6 is 11.6 Å². The van der Waals surface area contributed by atoms with E-state index in [1.807, 2.05) is 6.07 Å². The van der Waals surface area contributed by atoms with Gasteiger partial charge in [-0.1, -0.05) is 23.7 Å². The molecule has 0 amide bonds. The summed E-state index contributed by atoms with van der Waals surface area (Å²) in [5.41, 5.74) is -0.0570. The van der Waals surface area contributed by atoms with Gasteiger partial charge in [0, 0.05) is 31.9 Å². The van der Waals surface area contributed by atoms with Gasteiger partial charge in [-0.05, 0) is 24.6 Å². The number of nitrogens with zero attached hydrogens (tertiary/aromatic N) is 2. The molecule has 0 aliphatic rings. The molecule has 1 atom stereocenters. The third kappa shape index (κ3) is 3.67. The highest BCUT2D eigenvalue weighted by molar-refractivity contribution is 7.89. The van der Waals surface area contributed by atoms with Crippen LogP contribution in [0.5, 0.6) is 0 Å². The minimum atomic E-state index is -3.70. The smallest absolute Gasteiger partial charge is 0.259 e. The molecule has 1 aromatic heterocycles. The SMILES string of the molecule is COC(C)(CNS(=O)(=O)c1cn(C)cn1)c1cccc(Cl)c1. The van der Waals surface area contributed by atoms with Gasteiger partial charge in [-0.15, -0.1) is 0 Å². The highest BCUT2D eigenvalue weighted by atomic mass is 35.5. The lowest BCUT2D eigenvalue weighted by Gasteiger charge is -2.29. The summed E-state index contributed by atoms with van der Waals surface area (Å²) < 4.78 is 34.1. The van der Waals surface area contributed by atoms with Crippen molar-refractivity contribution in [3.05, 3.63) is 47.4 Å². The van der Waals surface area contributed by atoms with E-state index >= 15 is 0 Å². The average Bonchev–Trinajstić information content (AvgIpc) is 2.92. The Morgan fingerprint density at radius 2 is 2.18 bits per heavy atom. The monoisotopic (exact) mass is 343 g/mol. The van der Waals surface area contributed by atoms with Gasteiger partial charge in [0.05, 0.1) is 6.33 Å². The van der Waals surface area contributed by atoms with Crippen molar-refractivity contribution in [2.24, 2.45) is 7.05 Å². The standard InChI is InChI=1S/C14H18ClN3O3S/c1-14(21-3,11-5-4-6-12(15)7-11)9-17-22(19,20)13-8-18(2)10-16-13/h4-8,10,17H,9H2,1-3H3. The number of halogens is 1. The Bertz CT molecular complexity index is 760. The Balaban J connectivity index is 2.20. The maximum absolute atomic E-state index is 12.2. The number of methoxy groups -OCH3 is 1. The third-order valence-corrected chi connectivity index (χ3v) is 4.96. The van der Waals surface area contributed by atoms with Crippen molar-refractivity contribution in [2.45, 2.75) is 17.6 Å². The van der Waals surface area contributed by atoms with Gasteiger partial charge in [-0.3, -0.25) is 0 Å². The molecule has 1 aromatic carbocycles. The van der Waals surface area contributed by atoms with Crippen molar-refractivity contribution in [1.29, 1.82) is 0 Å². The Labute approximate surface area is 135 Å². The van der Waals surface area contributed by atoms with Crippen LogP contribution in [0.15, 0.2) is 41.8 Å². The van der Waals surface area contributed by atoms with Gasteiger partial charge in [-0.2, -0.15) is 0 Å². The molecule has 22 heavy (non-hydrogen) atoms. The van der Waals surface area contributed by atoms with E-state index in [0.717, 1.165) is 5.56 Å². The molecule has 0 bridgehead atoms. The predicted molar refractivity (Wildman–Crippen MR) is 84.2 cm³/mol. The fourth-order valence-corrected chi connectivity index (χ4v) is 3.24. The molecule has 8 heteroatoms. The number of nitrogens with one attached hydrogen (secondary N) is 1. The van der Waals surface area contributed by atoms with Crippen molar-refractivity contribution in [1.82, 2.24) is 14.3 Å². The van der Waals surface area contributed by atoms with Crippen LogP contribution in [-0.2, 0) is 27.4 Å². The fourth-order valence-electron chi connectivity index (χ4n) is 1.94. The van der Waals surface area contributed by atoms with Gasteiger partial charge in [-0.25, -0.2) is 18.1 Å². The largest absolute Gasteiger partial charge is 0.372 e. The summed E-state index contributed by atoms with van der Waals surface area (Å²) >= 11 is 5.99. The lowest BCUT2D eigenvalue weighted by Crippen LogP contribution is -2.40. The van der Waals surface area contributed by atoms with Crippen LogP contribution in [0.4, 0.5) is 0 Å². The number of hydrogen-bond donors (Lipinski definition) is 1. The van der Waals surface area contributed by atoms with E-state index in [1.165, 1.54) is 19.6 Å². The second kappa shape index (κ2) is 6.37. The minimum Gasteiger partial charge on any atom is -0.372 e.